The third-order valence-electron chi connectivity index (χ3n) is 3.86. The Bertz CT molecular complexity index is 967. The van der Waals surface area contributed by atoms with Gasteiger partial charge >= 0.3 is 11.6 Å². The zero-order valence-corrected chi connectivity index (χ0v) is 13.8. The van der Waals surface area contributed by atoms with E-state index >= 15 is 0 Å². The zero-order valence-electron chi connectivity index (χ0n) is 13.8. The second kappa shape index (κ2) is 6.32. The molecular formula is C20H18O4. The summed E-state index contributed by atoms with van der Waals surface area (Å²) < 4.78 is 10.7. The summed E-state index contributed by atoms with van der Waals surface area (Å²) in [4.78, 5) is 24.6. The maximum absolute atomic E-state index is 12.5. The predicted octanol–water partition coefficient (Wildman–Crippen LogP) is 4.44. The number of carbonyl (C=O) groups excluding carboxylic acids is 1. The van der Waals surface area contributed by atoms with Crippen molar-refractivity contribution < 1.29 is 13.9 Å². The molecule has 0 saturated carbocycles. The molecule has 1 heterocycles. The average molecular weight is 322 g/mol. The van der Waals surface area contributed by atoms with Crippen LogP contribution in [-0.4, -0.2) is 5.97 Å². The number of aryl methyl sites for hydroxylation is 1. The standard InChI is InChI=1S/C20H18O4/c1-12(2)15-9-8-13(3)10-18(15)24-20(22)16-11-14-6-4-5-7-17(14)23-19(16)21/h4-12H,1-3H3. The molecule has 0 amide bonds. The third-order valence-corrected chi connectivity index (χ3v) is 3.86. The highest BCUT2D eigenvalue weighted by molar-refractivity contribution is 5.94. The Hall–Kier alpha value is -2.88. The zero-order chi connectivity index (χ0) is 17.3. The first-order valence-electron chi connectivity index (χ1n) is 7.81. The summed E-state index contributed by atoms with van der Waals surface area (Å²) in [5.74, 6) is -0.0361. The number of fused-ring (bicyclic) bond motifs is 1. The summed E-state index contributed by atoms with van der Waals surface area (Å²) in [6.45, 7) is 5.96. The molecule has 1 aromatic heterocycles. The van der Waals surface area contributed by atoms with Crippen molar-refractivity contribution in [2.24, 2.45) is 0 Å². The molecule has 0 radical (unpaired) electrons. The average Bonchev–Trinajstić information content (AvgIpc) is 2.53. The minimum atomic E-state index is -0.706. The normalized spacial score (nSPS) is 11.0. The van der Waals surface area contributed by atoms with Crippen LogP contribution in [0.2, 0.25) is 0 Å². The van der Waals surface area contributed by atoms with Crippen LogP contribution in [0.5, 0.6) is 5.75 Å². The molecule has 122 valence electrons. The van der Waals surface area contributed by atoms with E-state index in [1.54, 1.807) is 24.3 Å². The lowest BCUT2D eigenvalue weighted by Crippen LogP contribution is -2.19. The first-order chi connectivity index (χ1) is 11.5. The van der Waals surface area contributed by atoms with Crippen LogP contribution in [0.4, 0.5) is 0 Å². The van der Waals surface area contributed by atoms with E-state index in [2.05, 4.69) is 0 Å². The number of carbonyl (C=O) groups is 1. The minimum Gasteiger partial charge on any atom is -0.422 e. The molecule has 0 atom stereocenters. The summed E-state index contributed by atoms with van der Waals surface area (Å²) in [6.07, 6.45) is 0. The molecule has 0 spiro atoms. The van der Waals surface area contributed by atoms with E-state index in [1.165, 1.54) is 6.07 Å². The Kier molecular flexibility index (Phi) is 4.21. The van der Waals surface area contributed by atoms with Crippen molar-refractivity contribution in [3.05, 3.63) is 75.6 Å². The van der Waals surface area contributed by atoms with Gasteiger partial charge in [0.2, 0.25) is 0 Å². The van der Waals surface area contributed by atoms with Crippen molar-refractivity contribution in [1.29, 1.82) is 0 Å². The summed E-state index contributed by atoms with van der Waals surface area (Å²) >= 11 is 0. The van der Waals surface area contributed by atoms with Crippen molar-refractivity contribution in [3.8, 4) is 5.75 Å². The molecule has 3 rings (SSSR count). The van der Waals surface area contributed by atoms with Crippen molar-refractivity contribution >= 4 is 16.9 Å². The molecule has 0 unspecified atom stereocenters. The van der Waals surface area contributed by atoms with Crippen molar-refractivity contribution in [1.82, 2.24) is 0 Å². The fourth-order valence-electron chi connectivity index (χ4n) is 2.57. The Morgan fingerprint density at radius 2 is 1.83 bits per heavy atom. The fourth-order valence-corrected chi connectivity index (χ4v) is 2.57. The molecule has 0 saturated heterocycles. The van der Waals surface area contributed by atoms with Gasteiger partial charge in [-0.25, -0.2) is 9.59 Å². The van der Waals surface area contributed by atoms with Crippen LogP contribution in [0.1, 0.15) is 41.3 Å². The second-order valence-electron chi connectivity index (χ2n) is 6.07. The molecular weight excluding hydrogens is 304 g/mol. The SMILES string of the molecule is Cc1ccc(C(C)C)c(OC(=O)c2cc3ccccc3oc2=O)c1. The van der Waals surface area contributed by atoms with E-state index in [9.17, 15) is 9.59 Å². The predicted molar refractivity (Wildman–Crippen MR) is 92.7 cm³/mol. The Balaban J connectivity index is 2.00. The Labute approximate surface area is 139 Å². The molecule has 4 nitrogen and oxygen atoms in total. The van der Waals surface area contributed by atoms with E-state index in [0.29, 0.717) is 16.7 Å². The fraction of sp³-hybridized carbons (Fsp3) is 0.200. The highest BCUT2D eigenvalue weighted by Crippen LogP contribution is 2.28. The van der Waals surface area contributed by atoms with Gasteiger partial charge in [-0.1, -0.05) is 44.2 Å². The summed E-state index contributed by atoms with van der Waals surface area (Å²) in [5.41, 5.74) is 1.53. The maximum atomic E-state index is 12.5. The summed E-state index contributed by atoms with van der Waals surface area (Å²) in [7, 11) is 0. The monoisotopic (exact) mass is 322 g/mol. The smallest absolute Gasteiger partial charge is 0.351 e. The lowest BCUT2D eigenvalue weighted by Gasteiger charge is -2.13. The Morgan fingerprint density at radius 1 is 1.08 bits per heavy atom. The quantitative estimate of drug-likeness (QED) is 0.406. The molecule has 3 aromatic rings. The highest BCUT2D eigenvalue weighted by Gasteiger charge is 2.18. The molecule has 0 aliphatic rings. The van der Waals surface area contributed by atoms with Gasteiger partial charge in [-0.05, 0) is 42.2 Å². The first-order valence-corrected chi connectivity index (χ1v) is 7.81. The van der Waals surface area contributed by atoms with E-state index < -0.39 is 11.6 Å². The van der Waals surface area contributed by atoms with E-state index in [4.69, 9.17) is 9.15 Å². The topological polar surface area (TPSA) is 56.5 Å². The van der Waals surface area contributed by atoms with Crippen LogP contribution < -0.4 is 10.4 Å². The van der Waals surface area contributed by atoms with Crippen LogP contribution in [0.25, 0.3) is 11.0 Å². The van der Waals surface area contributed by atoms with Gasteiger partial charge in [0.05, 0.1) is 0 Å². The molecule has 0 N–H and O–H groups in total. The van der Waals surface area contributed by atoms with Crippen molar-refractivity contribution in [3.63, 3.8) is 0 Å². The highest BCUT2D eigenvalue weighted by atomic mass is 16.5. The lowest BCUT2D eigenvalue weighted by molar-refractivity contribution is 0.0728. The summed E-state index contributed by atoms with van der Waals surface area (Å²) in [5, 5.41) is 0.678. The molecule has 0 bridgehead atoms. The molecule has 2 aromatic carbocycles. The van der Waals surface area contributed by atoms with Gasteiger partial charge in [0, 0.05) is 5.39 Å². The van der Waals surface area contributed by atoms with Crippen LogP contribution >= 0.6 is 0 Å². The second-order valence-corrected chi connectivity index (χ2v) is 6.07. The number of ether oxygens (including phenoxy) is 1. The van der Waals surface area contributed by atoms with Crippen LogP contribution in [0.15, 0.2) is 57.7 Å². The minimum absolute atomic E-state index is 0.107. The summed E-state index contributed by atoms with van der Waals surface area (Å²) in [6, 6.07) is 14.3. The van der Waals surface area contributed by atoms with Crippen molar-refractivity contribution in [2.75, 3.05) is 0 Å². The number of rotatable bonds is 3. The number of benzene rings is 2. The third kappa shape index (κ3) is 3.08. The largest absolute Gasteiger partial charge is 0.422 e. The van der Waals surface area contributed by atoms with Crippen LogP contribution in [-0.2, 0) is 0 Å². The van der Waals surface area contributed by atoms with Crippen molar-refractivity contribution in [2.45, 2.75) is 26.7 Å². The van der Waals surface area contributed by atoms with Gasteiger partial charge in [-0.3, -0.25) is 0 Å². The first kappa shape index (κ1) is 16.0. The maximum Gasteiger partial charge on any atom is 0.351 e. The number of esters is 1. The van der Waals surface area contributed by atoms with Gasteiger partial charge in [0.1, 0.15) is 16.9 Å². The van der Waals surface area contributed by atoms with E-state index in [-0.39, 0.29) is 11.5 Å². The molecule has 24 heavy (non-hydrogen) atoms. The van der Waals surface area contributed by atoms with Gasteiger partial charge in [-0.2, -0.15) is 0 Å². The lowest BCUT2D eigenvalue weighted by atomic mass is 10.0. The van der Waals surface area contributed by atoms with Gasteiger partial charge in [0.15, 0.2) is 0 Å². The molecule has 4 heteroatoms. The Morgan fingerprint density at radius 3 is 2.58 bits per heavy atom. The molecule has 0 aliphatic carbocycles. The number of hydrogen-bond acceptors (Lipinski definition) is 4. The van der Waals surface area contributed by atoms with Gasteiger partial charge in [0.25, 0.3) is 0 Å². The van der Waals surface area contributed by atoms with Gasteiger partial charge < -0.3 is 9.15 Å². The number of para-hydroxylation sites is 1. The molecule has 0 fully saturated rings. The van der Waals surface area contributed by atoms with E-state index in [1.807, 2.05) is 39.0 Å². The van der Waals surface area contributed by atoms with Crippen LogP contribution in [0.3, 0.4) is 0 Å². The van der Waals surface area contributed by atoms with Gasteiger partial charge in [-0.15, -0.1) is 0 Å². The van der Waals surface area contributed by atoms with E-state index in [0.717, 1.165) is 11.1 Å². The number of hydrogen-bond donors (Lipinski definition) is 0. The molecule has 0 aliphatic heterocycles. The van der Waals surface area contributed by atoms with Crippen LogP contribution in [0, 0.1) is 6.92 Å².